The zero-order valence-corrected chi connectivity index (χ0v) is 18.3. The summed E-state index contributed by atoms with van der Waals surface area (Å²) in [7, 11) is 0. The van der Waals surface area contributed by atoms with Gasteiger partial charge in [0.15, 0.2) is 5.13 Å². The molecule has 4 aromatic rings. The lowest BCUT2D eigenvalue weighted by Crippen LogP contribution is -2.45. The van der Waals surface area contributed by atoms with Crippen LogP contribution in [0.1, 0.15) is 25.7 Å². The molecule has 2 aromatic heterocycles. The van der Waals surface area contributed by atoms with Crippen LogP contribution in [0, 0.1) is 0 Å². The Labute approximate surface area is 188 Å². The maximum atomic E-state index is 13.0. The number of carbonyl (C=O) groups excluding carboxylic acids is 2. The second kappa shape index (κ2) is 10.1. The lowest BCUT2D eigenvalue weighted by atomic mass is 10.1. The third-order valence-corrected chi connectivity index (χ3v) is 6.44. The molecule has 1 unspecified atom stereocenters. The topological polar surface area (TPSA) is 71.1 Å². The Morgan fingerprint density at radius 3 is 2.29 bits per heavy atom. The highest BCUT2D eigenvalue weighted by molar-refractivity contribution is 7.15. The molecule has 5 nitrogen and oxygen atoms in total. The summed E-state index contributed by atoms with van der Waals surface area (Å²) >= 11 is 2.79. The van der Waals surface area contributed by atoms with E-state index in [-0.39, 0.29) is 11.8 Å². The monoisotopic (exact) mass is 447 g/mol. The van der Waals surface area contributed by atoms with Crippen LogP contribution in [0.4, 0.5) is 5.13 Å². The molecule has 1 atom stereocenters. The van der Waals surface area contributed by atoms with E-state index in [0.29, 0.717) is 16.4 Å². The van der Waals surface area contributed by atoms with E-state index in [1.54, 1.807) is 12.3 Å². The van der Waals surface area contributed by atoms with Crippen molar-refractivity contribution in [3.8, 4) is 0 Å². The summed E-state index contributed by atoms with van der Waals surface area (Å²) in [6.45, 7) is 0. The van der Waals surface area contributed by atoms with Crippen LogP contribution in [-0.2, 0) is 17.6 Å². The number of hydrogen-bond acceptors (Lipinski definition) is 5. The van der Waals surface area contributed by atoms with Crippen molar-refractivity contribution in [2.24, 2.45) is 0 Å². The lowest BCUT2D eigenvalue weighted by Gasteiger charge is -2.17. The maximum Gasteiger partial charge on any atom is 0.262 e. The van der Waals surface area contributed by atoms with Gasteiger partial charge in [0.05, 0.1) is 4.88 Å². The largest absolute Gasteiger partial charge is 0.339 e. The molecule has 2 N–H and O–H groups in total. The Bertz CT molecular complexity index is 1130. The van der Waals surface area contributed by atoms with E-state index >= 15 is 0 Å². The summed E-state index contributed by atoms with van der Waals surface area (Å²) in [4.78, 5) is 31.6. The third-order valence-electron chi connectivity index (χ3n) is 4.65. The minimum Gasteiger partial charge on any atom is -0.339 e. The number of carbonyl (C=O) groups is 2. The smallest absolute Gasteiger partial charge is 0.262 e. The summed E-state index contributed by atoms with van der Waals surface area (Å²) in [6, 6.07) is 22.6. The van der Waals surface area contributed by atoms with E-state index < -0.39 is 6.04 Å². The van der Waals surface area contributed by atoms with Gasteiger partial charge in [-0.1, -0.05) is 66.7 Å². The normalized spacial score (nSPS) is 11.6. The molecule has 7 heteroatoms. The van der Waals surface area contributed by atoms with Gasteiger partial charge in [0.2, 0.25) is 5.91 Å². The van der Waals surface area contributed by atoms with Crippen LogP contribution in [0.5, 0.6) is 0 Å². The van der Waals surface area contributed by atoms with Gasteiger partial charge in [-0.3, -0.25) is 9.59 Å². The van der Waals surface area contributed by atoms with Crippen LogP contribution in [-0.4, -0.2) is 22.8 Å². The first-order chi connectivity index (χ1) is 15.2. The molecular weight excluding hydrogens is 426 g/mol. The van der Waals surface area contributed by atoms with E-state index in [4.69, 9.17) is 0 Å². The molecule has 0 bridgehead atoms. The van der Waals surface area contributed by atoms with Crippen molar-refractivity contribution >= 4 is 39.6 Å². The van der Waals surface area contributed by atoms with Crippen LogP contribution >= 0.6 is 22.7 Å². The summed E-state index contributed by atoms with van der Waals surface area (Å²) < 4.78 is 0. The van der Waals surface area contributed by atoms with Crippen LogP contribution in [0.2, 0.25) is 0 Å². The number of nitrogens with one attached hydrogen (secondary N) is 2. The molecule has 0 aliphatic rings. The number of aromatic nitrogens is 1. The molecule has 0 spiro atoms. The van der Waals surface area contributed by atoms with E-state index in [9.17, 15) is 9.59 Å². The summed E-state index contributed by atoms with van der Waals surface area (Å²) in [5.74, 6) is -0.538. The Morgan fingerprint density at radius 2 is 1.61 bits per heavy atom. The second-order valence-electron chi connectivity index (χ2n) is 6.98. The van der Waals surface area contributed by atoms with Crippen molar-refractivity contribution in [1.29, 1.82) is 0 Å². The molecule has 0 fully saturated rings. The van der Waals surface area contributed by atoms with Crippen LogP contribution in [0.25, 0.3) is 0 Å². The quantitative estimate of drug-likeness (QED) is 0.409. The number of thiazole rings is 1. The van der Waals surface area contributed by atoms with E-state index in [1.165, 1.54) is 28.2 Å². The first-order valence-corrected chi connectivity index (χ1v) is 11.5. The van der Waals surface area contributed by atoms with Crippen molar-refractivity contribution in [3.05, 3.63) is 105 Å². The lowest BCUT2D eigenvalue weighted by molar-refractivity contribution is -0.118. The minimum atomic E-state index is -0.710. The van der Waals surface area contributed by atoms with Crippen molar-refractivity contribution in [1.82, 2.24) is 10.3 Å². The predicted molar refractivity (Wildman–Crippen MR) is 126 cm³/mol. The molecule has 31 heavy (non-hydrogen) atoms. The number of amides is 2. The average Bonchev–Trinajstić information content (AvgIpc) is 3.47. The van der Waals surface area contributed by atoms with Gasteiger partial charge in [0, 0.05) is 23.9 Å². The molecule has 4 rings (SSSR count). The van der Waals surface area contributed by atoms with Gasteiger partial charge in [-0.25, -0.2) is 4.98 Å². The molecular formula is C24H21N3O2S2. The van der Waals surface area contributed by atoms with Gasteiger partial charge in [-0.15, -0.1) is 22.7 Å². The first-order valence-electron chi connectivity index (χ1n) is 9.85. The summed E-state index contributed by atoms with van der Waals surface area (Å²) in [5, 5.41) is 8.11. The number of benzene rings is 2. The van der Waals surface area contributed by atoms with Crippen LogP contribution in [0.3, 0.4) is 0 Å². The Morgan fingerprint density at radius 1 is 0.903 bits per heavy atom. The zero-order valence-electron chi connectivity index (χ0n) is 16.7. The highest BCUT2D eigenvalue weighted by Crippen LogP contribution is 2.21. The number of anilines is 1. The molecule has 2 amide bonds. The van der Waals surface area contributed by atoms with Gasteiger partial charge in [-0.2, -0.15) is 0 Å². The minimum absolute atomic E-state index is 0.255. The highest BCUT2D eigenvalue weighted by atomic mass is 32.1. The van der Waals surface area contributed by atoms with Crippen molar-refractivity contribution < 1.29 is 9.59 Å². The fraction of sp³-hybridized carbons (Fsp3) is 0.125. The zero-order chi connectivity index (χ0) is 21.5. The number of hydrogen-bond donors (Lipinski definition) is 2. The second-order valence-corrected chi connectivity index (χ2v) is 9.04. The third kappa shape index (κ3) is 5.87. The predicted octanol–water partition coefficient (Wildman–Crippen LogP) is 4.78. The van der Waals surface area contributed by atoms with Gasteiger partial charge in [0.1, 0.15) is 6.04 Å². The van der Waals surface area contributed by atoms with Crippen molar-refractivity contribution in [2.75, 3.05) is 5.32 Å². The standard InChI is InChI=1S/C24H21N3O2S2/c28-22(27-24-25-16-19(31-24)14-17-8-3-1-4-9-17)20(15-18-10-5-2-6-11-18)26-23(29)21-12-7-13-30-21/h1-13,16,20H,14-15H2,(H,26,29)(H,25,27,28). The highest BCUT2D eigenvalue weighted by Gasteiger charge is 2.23. The fourth-order valence-electron chi connectivity index (χ4n) is 3.13. The van der Waals surface area contributed by atoms with E-state index in [1.807, 2.05) is 60.0 Å². The van der Waals surface area contributed by atoms with Crippen LogP contribution in [0.15, 0.2) is 84.4 Å². The van der Waals surface area contributed by atoms with Gasteiger partial charge < -0.3 is 10.6 Å². The molecule has 0 radical (unpaired) electrons. The Balaban J connectivity index is 1.45. The van der Waals surface area contributed by atoms with Gasteiger partial charge in [-0.05, 0) is 22.6 Å². The summed E-state index contributed by atoms with van der Waals surface area (Å²) in [5.41, 5.74) is 2.16. The number of nitrogens with zero attached hydrogens (tertiary/aromatic N) is 1. The Hall–Kier alpha value is -3.29. The van der Waals surface area contributed by atoms with E-state index in [0.717, 1.165) is 16.9 Å². The average molecular weight is 448 g/mol. The molecule has 0 aliphatic carbocycles. The molecule has 0 saturated carbocycles. The first kappa shape index (κ1) is 21.0. The molecule has 2 heterocycles. The number of thiophene rings is 1. The number of rotatable bonds is 8. The SMILES string of the molecule is O=C(NC(Cc1ccccc1)C(=O)Nc1ncc(Cc2ccccc2)s1)c1cccs1. The summed E-state index contributed by atoms with van der Waals surface area (Å²) in [6.07, 6.45) is 2.94. The molecule has 0 aliphatic heterocycles. The molecule has 0 saturated heterocycles. The van der Waals surface area contributed by atoms with Crippen LogP contribution < -0.4 is 10.6 Å². The molecule has 156 valence electrons. The maximum absolute atomic E-state index is 13.0. The van der Waals surface area contributed by atoms with Crippen molar-refractivity contribution in [2.45, 2.75) is 18.9 Å². The fourth-order valence-corrected chi connectivity index (χ4v) is 4.61. The van der Waals surface area contributed by atoms with E-state index in [2.05, 4.69) is 27.8 Å². The Kier molecular flexibility index (Phi) is 6.86. The molecule has 2 aromatic carbocycles. The van der Waals surface area contributed by atoms with Gasteiger partial charge in [0.25, 0.3) is 5.91 Å². The van der Waals surface area contributed by atoms with Crippen molar-refractivity contribution in [3.63, 3.8) is 0 Å². The van der Waals surface area contributed by atoms with Gasteiger partial charge >= 0.3 is 0 Å².